The van der Waals surface area contributed by atoms with Gasteiger partial charge in [-0.25, -0.2) is 0 Å². The van der Waals surface area contributed by atoms with Crippen molar-refractivity contribution in [1.29, 1.82) is 0 Å². The fourth-order valence-corrected chi connectivity index (χ4v) is 3.76. The Morgan fingerprint density at radius 2 is 1.29 bits per heavy atom. The highest BCUT2D eigenvalue weighted by Crippen LogP contribution is 2.28. The highest BCUT2D eigenvalue weighted by Gasteiger charge is 2.11. The largest absolute Gasteiger partial charge is 0.372 e. The molecule has 1 heterocycles. The van der Waals surface area contributed by atoms with Crippen molar-refractivity contribution in [3.8, 4) is 0 Å². The molecule has 3 aromatic carbocycles. The third kappa shape index (κ3) is 5.63. The third-order valence-electron chi connectivity index (χ3n) is 5.53. The zero-order chi connectivity index (χ0) is 21.5. The molecule has 0 aliphatic carbocycles. The molecule has 0 atom stereocenters. The van der Waals surface area contributed by atoms with Gasteiger partial charge >= 0.3 is 0 Å². The van der Waals surface area contributed by atoms with Gasteiger partial charge in [-0.2, -0.15) is 20.5 Å². The second-order valence-corrected chi connectivity index (χ2v) is 8.00. The Labute approximate surface area is 184 Å². The zero-order valence-electron chi connectivity index (χ0n) is 18.3. The van der Waals surface area contributed by atoms with Crippen molar-refractivity contribution >= 4 is 28.4 Å². The molecular formula is C26H29N5. The van der Waals surface area contributed by atoms with Crippen LogP contribution in [0.2, 0.25) is 0 Å². The van der Waals surface area contributed by atoms with Crippen molar-refractivity contribution in [2.45, 2.75) is 39.5 Å². The number of benzene rings is 3. The summed E-state index contributed by atoms with van der Waals surface area (Å²) >= 11 is 0. The number of aryl methyl sites for hydroxylation is 2. The van der Waals surface area contributed by atoms with Gasteiger partial charge in [0.15, 0.2) is 0 Å². The van der Waals surface area contributed by atoms with Gasteiger partial charge in [-0.3, -0.25) is 0 Å². The monoisotopic (exact) mass is 411 g/mol. The van der Waals surface area contributed by atoms with Gasteiger partial charge in [0.25, 0.3) is 0 Å². The van der Waals surface area contributed by atoms with Gasteiger partial charge in [-0.05, 0) is 91.9 Å². The first-order chi connectivity index (χ1) is 15.2. The van der Waals surface area contributed by atoms with E-state index in [-0.39, 0.29) is 0 Å². The fourth-order valence-electron chi connectivity index (χ4n) is 3.76. The average molecular weight is 412 g/mol. The van der Waals surface area contributed by atoms with E-state index < -0.39 is 0 Å². The van der Waals surface area contributed by atoms with Gasteiger partial charge in [0.2, 0.25) is 0 Å². The first-order valence-electron chi connectivity index (χ1n) is 11.1. The van der Waals surface area contributed by atoms with Crippen molar-refractivity contribution in [1.82, 2.24) is 0 Å². The van der Waals surface area contributed by atoms with Gasteiger partial charge in [-0.1, -0.05) is 25.5 Å². The topological polar surface area (TPSA) is 52.7 Å². The summed E-state index contributed by atoms with van der Waals surface area (Å²) in [4.78, 5) is 2.41. The second-order valence-electron chi connectivity index (χ2n) is 8.00. The summed E-state index contributed by atoms with van der Waals surface area (Å²) in [5.74, 6) is 0. The van der Waals surface area contributed by atoms with Crippen LogP contribution in [0, 0.1) is 6.92 Å². The van der Waals surface area contributed by atoms with E-state index in [1.807, 2.05) is 49.4 Å². The SMILES string of the molecule is CCCc1ccc(N=Nc2ccc(N=Nc3ccc(N4CCCC4)cc3)cc2C)cc1. The molecule has 1 aliphatic rings. The lowest BCUT2D eigenvalue weighted by Gasteiger charge is -2.17. The molecule has 1 aliphatic heterocycles. The zero-order valence-corrected chi connectivity index (χ0v) is 18.3. The first-order valence-corrected chi connectivity index (χ1v) is 11.1. The van der Waals surface area contributed by atoms with Crippen LogP contribution in [0.4, 0.5) is 28.4 Å². The lowest BCUT2D eigenvalue weighted by molar-refractivity contribution is 0.922. The number of rotatable bonds is 7. The Hall–Kier alpha value is -3.34. The molecule has 0 amide bonds. The van der Waals surface area contributed by atoms with Crippen LogP contribution in [-0.4, -0.2) is 13.1 Å². The van der Waals surface area contributed by atoms with E-state index in [1.54, 1.807) is 0 Å². The molecule has 5 heteroatoms. The van der Waals surface area contributed by atoms with Gasteiger partial charge in [-0.15, -0.1) is 0 Å². The van der Waals surface area contributed by atoms with E-state index in [0.717, 1.165) is 54.2 Å². The molecule has 158 valence electrons. The molecule has 4 rings (SSSR count). The molecule has 1 saturated heterocycles. The van der Waals surface area contributed by atoms with Crippen molar-refractivity contribution < 1.29 is 0 Å². The van der Waals surface area contributed by atoms with E-state index in [0.29, 0.717) is 0 Å². The lowest BCUT2D eigenvalue weighted by Crippen LogP contribution is -2.17. The van der Waals surface area contributed by atoms with E-state index in [4.69, 9.17) is 0 Å². The van der Waals surface area contributed by atoms with Crippen molar-refractivity contribution in [3.63, 3.8) is 0 Å². The molecule has 0 spiro atoms. The predicted octanol–water partition coefficient (Wildman–Crippen LogP) is 8.38. The minimum Gasteiger partial charge on any atom is -0.372 e. The van der Waals surface area contributed by atoms with Crippen LogP contribution in [0.1, 0.15) is 37.3 Å². The van der Waals surface area contributed by atoms with Crippen LogP contribution in [0.25, 0.3) is 0 Å². The van der Waals surface area contributed by atoms with E-state index in [9.17, 15) is 0 Å². The molecule has 3 aromatic rings. The van der Waals surface area contributed by atoms with Crippen LogP contribution in [0.5, 0.6) is 0 Å². The van der Waals surface area contributed by atoms with Crippen LogP contribution < -0.4 is 4.90 Å². The maximum atomic E-state index is 4.41. The van der Waals surface area contributed by atoms with Crippen LogP contribution >= 0.6 is 0 Å². The summed E-state index contributed by atoms with van der Waals surface area (Å²) in [5.41, 5.74) is 6.99. The summed E-state index contributed by atoms with van der Waals surface area (Å²) in [6.45, 7) is 6.50. The van der Waals surface area contributed by atoms with Crippen molar-refractivity contribution in [2.24, 2.45) is 20.5 Å². The minimum atomic E-state index is 0.809. The van der Waals surface area contributed by atoms with Gasteiger partial charge in [0.1, 0.15) is 0 Å². The quantitative estimate of drug-likeness (QED) is 0.360. The van der Waals surface area contributed by atoms with Crippen LogP contribution in [-0.2, 0) is 6.42 Å². The van der Waals surface area contributed by atoms with Crippen LogP contribution in [0.3, 0.4) is 0 Å². The number of azo groups is 2. The molecule has 1 fully saturated rings. The molecule has 0 unspecified atom stereocenters. The molecule has 0 saturated carbocycles. The molecule has 0 aromatic heterocycles. The minimum absolute atomic E-state index is 0.809. The highest BCUT2D eigenvalue weighted by atomic mass is 15.1. The number of hydrogen-bond donors (Lipinski definition) is 0. The summed E-state index contributed by atoms with van der Waals surface area (Å²) in [6, 6.07) is 22.4. The van der Waals surface area contributed by atoms with Gasteiger partial charge in [0, 0.05) is 18.8 Å². The number of hydrogen-bond acceptors (Lipinski definition) is 5. The van der Waals surface area contributed by atoms with E-state index in [1.165, 1.54) is 24.1 Å². The number of nitrogens with zero attached hydrogens (tertiary/aromatic N) is 5. The maximum Gasteiger partial charge on any atom is 0.0887 e. The summed E-state index contributed by atoms with van der Waals surface area (Å²) < 4.78 is 0. The van der Waals surface area contributed by atoms with Crippen molar-refractivity contribution in [2.75, 3.05) is 18.0 Å². The normalized spacial score (nSPS) is 14.2. The standard InChI is InChI=1S/C26H29N5/c1-3-6-21-7-9-22(10-8-21)28-30-26-16-13-24(19-20(26)2)29-27-23-11-14-25(15-12-23)31-17-4-5-18-31/h7-16,19H,3-6,17-18H2,1-2H3. The highest BCUT2D eigenvalue weighted by molar-refractivity contribution is 5.55. The van der Waals surface area contributed by atoms with E-state index in [2.05, 4.69) is 56.5 Å². The van der Waals surface area contributed by atoms with E-state index >= 15 is 0 Å². The predicted molar refractivity (Wildman–Crippen MR) is 128 cm³/mol. The summed E-state index contributed by atoms with van der Waals surface area (Å²) in [5, 5.41) is 17.6. The Balaban J connectivity index is 1.39. The van der Waals surface area contributed by atoms with Gasteiger partial charge < -0.3 is 4.90 Å². The first kappa shape index (κ1) is 20.9. The Morgan fingerprint density at radius 1 is 0.710 bits per heavy atom. The molecule has 0 bridgehead atoms. The molecule has 0 N–H and O–H groups in total. The second kappa shape index (κ2) is 10.1. The molecule has 0 radical (unpaired) electrons. The summed E-state index contributed by atoms with van der Waals surface area (Å²) in [7, 11) is 0. The molecular weight excluding hydrogens is 382 g/mol. The third-order valence-corrected chi connectivity index (χ3v) is 5.53. The average Bonchev–Trinajstić information content (AvgIpc) is 3.34. The molecule has 5 nitrogen and oxygen atoms in total. The Bertz CT molecular complexity index is 1050. The molecule has 31 heavy (non-hydrogen) atoms. The Kier molecular flexibility index (Phi) is 6.82. The number of anilines is 1. The smallest absolute Gasteiger partial charge is 0.0887 e. The Morgan fingerprint density at radius 3 is 1.94 bits per heavy atom. The summed E-state index contributed by atoms with van der Waals surface area (Å²) in [6.07, 6.45) is 4.80. The fraction of sp³-hybridized carbons (Fsp3) is 0.308. The van der Waals surface area contributed by atoms with Gasteiger partial charge in [0.05, 0.1) is 22.7 Å². The van der Waals surface area contributed by atoms with Crippen molar-refractivity contribution in [3.05, 3.63) is 77.9 Å². The maximum absolute atomic E-state index is 4.41. The lowest BCUT2D eigenvalue weighted by atomic mass is 10.1. The van der Waals surface area contributed by atoms with Crippen LogP contribution in [0.15, 0.2) is 87.2 Å².